The lowest BCUT2D eigenvalue weighted by atomic mass is 10.4. The Kier molecular flexibility index (Phi) is 5.78. The van der Waals surface area contributed by atoms with E-state index in [9.17, 15) is 13.9 Å². The van der Waals surface area contributed by atoms with Gasteiger partial charge in [0.05, 0.1) is 7.11 Å². The fourth-order valence-electron chi connectivity index (χ4n) is 0.648. The normalized spacial score (nSPS) is 17.6. The number of ether oxygens (including phenoxy) is 1. The molecule has 0 spiro atoms. The third kappa shape index (κ3) is 7.08. The predicted octanol–water partition coefficient (Wildman–Crippen LogP) is -0.610. The smallest absolute Gasteiger partial charge is 0.356 e. The summed E-state index contributed by atoms with van der Waals surface area (Å²) in [5.41, 5.74) is 1.87. The van der Waals surface area contributed by atoms with Gasteiger partial charge in [0.2, 0.25) is 0 Å². The summed E-state index contributed by atoms with van der Waals surface area (Å²) < 4.78 is 29.9. The maximum atomic E-state index is 11.1. The topological polar surface area (TPSA) is 142 Å². The van der Waals surface area contributed by atoms with Gasteiger partial charge in [-0.1, -0.05) is 0 Å². The van der Waals surface area contributed by atoms with Crippen LogP contribution < -0.4 is 5.48 Å². The molecule has 0 saturated carbocycles. The van der Waals surface area contributed by atoms with E-state index >= 15 is 0 Å². The Morgan fingerprint density at radius 2 is 1.88 bits per heavy atom. The first-order chi connectivity index (χ1) is 7.07. The summed E-state index contributed by atoms with van der Waals surface area (Å²) in [5, 5.41) is 0. The maximum absolute atomic E-state index is 11.1. The summed E-state index contributed by atoms with van der Waals surface area (Å²) in [7, 11) is -8.07. The van der Waals surface area contributed by atoms with Crippen LogP contribution in [-0.2, 0) is 23.3 Å². The molecule has 0 aliphatic heterocycles. The van der Waals surface area contributed by atoms with Gasteiger partial charge in [0.15, 0.2) is 5.90 Å². The van der Waals surface area contributed by atoms with E-state index in [-0.39, 0.29) is 0 Å². The lowest BCUT2D eigenvalue weighted by molar-refractivity contribution is -0.144. The summed E-state index contributed by atoms with van der Waals surface area (Å²) in [6, 6.07) is -1.04. The van der Waals surface area contributed by atoms with Crippen LogP contribution in [0.25, 0.3) is 0 Å². The van der Waals surface area contributed by atoms with Gasteiger partial charge < -0.3 is 19.4 Å². The molecule has 4 N–H and O–H groups in total. The van der Waals surface area contributed by atoms with Crippen LogP contribution in [-0.4, -0.2) is 39.7 Å². The molecule has 11 heteroatoms. The molecule has 0 rings (SSSR count). The zero-order chi connectivity index (χ0) is 13.0. The van der Waals surface area contributed by atoms with Gasteiger partial charge in [-0.05, 0) is 6.92 Å². The first-order valence-corrected chi connectivity index (χ1v) is 7.52. The second kappa shape index (κ2) is 5.88. The Morgan fingerprint density at radius 3 is 2.25 bits per heavy atom. The van der Waals surface area contributed by atoms with E-state index in [0.29, 0.717) is 0 Å². The molecule has 9 nitrogen and oxygen atoms in total. The number of hydrogen-bond acceptors (Lipinski definition) is 6. The van der Waals surface area contributed by atoms with Crippen LogP contribution in [0, 0.1) is 0 Å². The van der Waals surface area contributed by atoms with Crippen LogP contribution in [0.5, 0.6) is 0 Å². The molecule has 2 atom stereocenters. The van der Waals surface area contributed by atoms with Crippen molar-refractivity contribution >= 4 is 21.2 Å². The summed E-state index contributed by atoms with van der Waals surface area (Å²) in [4.78, 5) is 36.7. The second-order valence-electron chi connectivity index (χ2n) is 2.90. The lowest BCUT2D eigenvalue weighted by Crippen LogP contribution is -2.34. The third-order valence-electron chi connectivity index (χ3n) is 1.29. The van der Waals surface area contributed by atoms with Gasteiger partial charge in [-0.2, -0.15) is 5.48 Å². The highest BCUT2D eigenvalue weighted by Crippen LogP contribution is 2.54. The van der Waals surface area contributed by atoms with Crippen LogP contribution >= 0.6 is 15.2 Å². The zero-order valence-corrected chi connectivity index (χ0v) is 10.4. The second-order valence-corrected chi connectivity index (χ2v) is 6.82. The van der Waals surface area contributed by atoms with Crippen LogP contribution in [0.2, 0.25) is 0 Å². The predicted molar refractivity (Wildman–Crippen MR) is 52.4 cm³/mol. The fourth-order valence-corrected chi connectivity index (χ4v) is 3.06. The van der Waals surface area contributed by atoms with E-state index in [0.717, 1.165) is 7.11 Å². The molecule has 0 fully saturated rings. The van der Waals surface area contributed by atoms with Crippen molar-refractivity contribution in [1.29, 1.82) is 0 Å². The molecule has 0 aliphatic carbocycles. The Hall–Kier alpha value is -0.270. The van der Waals surface area contributed by atoms with E-state index in [1.807, 2.05) is 5.48 Å². The van der Waals surface area contributed by atoms with E-state index in [1.165, 1.54) is 6.92 Å². The Morgan fingerprint density at radius 1 is 1.38 bits per heavy atom. The van der Waals surface area contributed by atoms with Crippen molar-refractivity contribution in [3.05, 3.63) is 0 Å². The SMILES string of the molecule is COC(=O)C(C)NOP(=O)(O)CP(=O)(O)O. The summed E-state index contributed by atoms with van der Waals surface area (Å²) in [6.45, 7) is 1.28. The van der Waals surface area contributed by atoms with Crippen molar-refractivity contribution in [3.63, 3.8) is 0 Å². The first kappa shape index (κ1) is 15.7. The highest BCUT2D eigenvalue weighted by atomic mass is 31.2. The molecule has 0 bridgehead atoms. The van der Waals surface area contributed by atoms with Gasteiger partial charge >= 0.3 is 21.2 Å². The average Bonchev–Trinajstić information content (AvgIpc) is 2.09. The van der Waals surface area contributed by atoms with Crippen molar-refractivity contribution in [2.24, 2.45) is 0 Å². The number of methoxy groups -OCH3 is 1. The Labute approximate surface area is 91.4 Å². The summed E-state index contributed by atoms with van der Waals surface area (Å²) >= 11 is 0. The van der Waals surface area contributed by atoms with Gasteiger partial charge in [-0.25, -0.2) is 4.62 Å². The van der Waals surface area contributed by atoms with Gasteiger partial charge in [-0.3, -0.25) is 13.9 Å². The summed E-state index contributed by atoms with van der Waals surface area (Å²) in [5.74, 6) is -2.09. The van der Waals surface area contributed by atoms with Gasteiger partial charge in [0.25, 0.3) is 0 Å². The molecule has 0 aromatic carbocycles. The molecule has 0 heterocycles. The van der Waals surface area contributed by atoms with Crippen molar-refractivity contribution in [2.75, 3.05) is 13.0 Å². The molecular weight excluding hydrogens is 264 g/mol. The molecule has 16 heavy (non-hydrogen) atoms. The van der Waals surface area contributed by atoms with E-state index in [2.05, 4.69) is 9.36 Å². The van der Waals surface area contributed by atoms with E-state index < -0.39 is 33.1 Å². The Balaban J connectivity index is 4.25. The molecular formula is C5H13NO8P2. The number of hydroxylamine groups is 1. The number of rotatable bonds is 6. The van der Waals surface area contributed by atoms with Gasteiger partial charge in [-0.15, -0.1) is 0 Å². The maximum Gasteiger partial charge on any atom is 0.356 e. The third-order valence-corrected chi connectivity index (χ3v) is 4.58. The largest absolute Gasteiger partial charge is 0.468 e. The van der Waals surface area contributed by atoms with Crippen LogP contribution in [0.1, 0.15) is 6.92 Å². The molecule has 96 valence electrons. The highest BCUT2D eigenvalue weighted by molar-refractivity contribution is 7.69. The van der Waals surface area contributed by atoms with Crippen LogP contribution in [0.3, 0.4) is 0 Å². The number of nitrogens with one attached hydrogen (secondary N) is 1. The first-order valence-electron chi connectivity index (χ1n) is 3.96. The average molecular weight is 277 g/mol. The number of esters is 1. The minimum atomic E-state index is -4.67. The summed E-state index contributed by atoms with van der Waals surface area (Å²) in [6.07, 6.45) is 0. The fraction of sp³-hybridized carbons (Fsp3) is 0.800. The van der Waals surface area contributed by atoms with Crippen LogP contribution in [0.4, 0.5) is 0 Å². The van der Waals surface area contributed by atoms with Crippen molar-refractivity contribution in [2.45, 2.75) is 13.0 Å². The monoisotopic (exact) mass is 277 g/mol. The van der Waals surface area contributed by atoms with Gasteiger partial charge in [0, 0.05) is 0 Å². The molecule has 0 saturated heterocycles. The Bertz CT molecular complexity index is 337. The highest BCUT2D eigenvalue weighted by Gasteiger charge is 2.32. The number of carbonyl (C=O) groups excluding carboxylic acids is 1. The molecule has 2 unspecified atom stereocenters. The standard InChI is InChI=1S/C5H13NO8P2/c1-4(5(7)13-2)6-14-16(11,12)3-15(8,9)10/h4,6H,3H2,1-2H3,(H,11,12)(H2,8,9,10). The quantitative estimate of drug-likeness (QED) is 0.284. The minimum absolute atomic E-state index is 0.754. The molecule has 0 radical (unpaired) electrons. The zero-order valence-electron chi connectivity index (χ0n) is 8.56. The molecule has 0 aromatic heterocycles. The molecule has 0 aliphatic rings. The molecule has 0 amide bonds. The van der Waals surface area contributed by atoms with E-state index in [4.69, 9.17) is 14.7 Å². The number of hydrogen-bond donors (Lipinski definition) is 4. The van der Waals surface area contributed by atoms with Gasteiger partial charge in [0.1, 0.15) is 6.04 Å². The van der Waals surface area contributed by atoms with Crippen molar-refractivity contribution in [1.82, 2.24) is 5.48 Å². The number of carbonyl (C=O) groups is 1. The lowest BCUT2D eigenvalue weighted by Gasteiger charge is -2.15. The van der Waals surface area contributed by atoms with Crippen LogP contribution in [0.15, 0.2) is 0 Å². The minimum Gasteiger partial charge on any atom is -0.468 e. The van der Waals surface area contributed by atoms with E-state index in [1.54, 1.807) is 0 Å². The van der Waals surface area contributed by atoms with Crippen molar-refractivity contribution in [3.8, 4) is 0 Å². The van der Waals surface area contributed by atoms with Crippen molar-refractivity contribution < 1.29 is 38.0 Å². The molecule has 0 aromatic rings.